The van der Waals surface area contributed by atoms with Gasteiger partial charge in [0.25, 0.3) is 0 Å². The number of nitrogens with one attached hydrogen (secondary N) is 1. The highest BCUT2D eigenvalue weighted by molar-refractivity contribution is 7.89. The van der Waals surface area contributed by atoms with Crippen molar-refractivity contribution in [2.24, 2.45) is 0 Å². The first-order valence-corrected chi connectivity index (χ1v) is 11.1. The molecular weight excluding hydrogens is 380 g/mol. The zero-order valence-electron chi connectivity index (χ0n) is 16.6. The van der Waals surface area contributed by atoms with Crippen molar-refractivity contribution in [2.45, 2.75) is 57.6 Å². The standard InChI is InChI=1S/C21H29ClN2O2S/c1-15(2)24(16(3)4)21(18-8-10-19(22)11-9-18)14-23-27(25,26)20-12-6-17(5)7-13-20/h6-13,15-16,21,23H,14H2,1-5H3. The van der Waals surface area contributed by atoms with Gasteiger partial charge in [-0.3, -0.25) is 4.90 Å². The van der Waals surface area contributed by atoms with Gasteiger partial charge in [-0.2, -0.15) is 0 Å². The molecule has 2 aromatic rings. The van der Waals surface area contributed by atoms with E-state index in [9.17, 15) is 8.42 Å². The summed E-state index contributed by atoms with van der Waals surface area (Å²) in [6.07, 6.45) is 0. The zero-order valence-corrected chi connectivity index (χ0v) is 18.2. The van der Waals surface area contributed by atoms with E-state index in [4.69, 9.17) is 11.6 Å². The van der Waals surface area contributed by atoms with Crippen molar-refractivity contribution in [3.8, 4) is 0 Å². The maximum Gasteiger partial charge on any atom is 0.240 e. The molecule has 0 aliphatic carbocycles. The Balaban J connectivity index is 2.31. The number of aryl methyl sites for hydroxylation is 1. The van der Waals surface area contributed by atoms with Gasteiger partial charge in [0.05, 0.1) is 4.90 Å². The summed E-state index contributed by atoms with van der Waals surface area (Å²) in [5, 5.41) is 0.665. The van der Waals surface area contributed by atoms with E-state index in [0.717, 1.165) is 11.1 Å². The molecule has 0 bridgehead atoms. The van der Waals surface area contributed by atoms with Gasteiger partial charge < -0.3 is 0 Å². The van der Waals surface area contributed by atoms with E-state index in [2.05, 4.69) is 37.3 Å². The molecule has 2 rings (SSSR count). The molecule has 27 heavy (non-hydrogen) atoms. The number of rotatable bonds is 8. The van der Waals surface area contributed by atoms with Gasteiger partial charge >= 0.3 is 0 Å². The molecule has 4 nitrogen and oxygen atoms in total. The summed E-state index contributed by atoms with van der Waals surface area (Å²) >= 11 is 6.04. The van der Waals surface area contributed by atoms with Gasteiger partial charge in [0, 0.05) is 29.7 Å². The highest BCUT2D eigenvalue weighted by Gasteiger charge is 2.27. The second-order valence-electron chi connectivity index (χ2n) is 7.37. The van der Waals surface area contributed by atoms with E-state index in [0.29, 0.717) is 5.02 Å². The van der Waals surface area contributed by atoms with E-state index in [1.807, 2.05) is 31.2 Å². The lowest BCUT2D eigenvalue weighted by atomic mass is 10.0. The lowest BCUT2D eigenvalue weighted by molar-refractivity contribution is 0.114. The minimum atomic E-state index is -3.58. The number of hydrogen-bond acceptors (Lipinski definition) is 3. The highest BCUT2D eigenvalue weighted by Crippen LogP contribution is 2.27. The summed E-state index contributed by atoms with van der Waals surface area (Å²) in [7, 11) is -3.58. The van der Waals surface area contributed by atoms with Crippen LogP contribution in [0.3, 0.4) is 0 Å². The first-order valence-electron chi connectivity index (χ1n) is 9.21. The average molecular weight is 409 g/mol. The fourth-order valence-electron chi connectivity index (χ4n) is 3.39. The Bertz CT molecular complexity index is 823. The van der Waals surface area contributed by atoms with E-state index in [1.54, 1.807) is 24.3 Å². The molecule has 6 heteroatoms. The molecule has 0 aromatic heterocycles. The van der Waals surface area contributed by atoms with Gasteiger partial charge in [0.1, 0.15) is 0 Å². The van der Waals surface area contributed by atoms with Crippen LogP contribution in [0.1, 0.15) is 44.9 Å². The third-order valence-corrected chi connectivity index (χ3v) is 6.30. The lowest BCUT2D eigenvalue weighted by Gasteiger charge is -2.38. The normalized spacial score (nSPS) is 13.5. The summed E-state index contributed by atoms with van der Waals surface area (Å²) in [6.45, 7) is 10.7. The minimum Gasteiger partial charge on any atom is -0.290 e. The Morgan fingerprint density at radius 1 is 0.926 bits per heavy atom. The summed E-state index contributed by atoms with van der Waals surface area (Å²) in [5.74, 6) is 0. The molecule has 0 fully saturated rings. The Morgan fingerprint density at radius 3 is 1.93 bits per heavy atom. The minimum absolute atomic E-state index is 0.0949. The quantitative estimate of drug-likeness (QED) is 0.683. The molecule has 0 radical (unpaired) electrons. The lowest BCUT2D eigenvalue weighted by Crippen LogP contribution is -2.45. The first kappa shape index (κ1) is 21.9. The van der Waals surface area contributed by atoms with E-state index in [1.165, 1.54) is 0 Å². The van der Waals surface area contributed by atoms with E-state index >= 15 is 0 Å². The van der Waals surface area contributed by atoms with Crippen LogP contribution < -0.4 is 4.72 Å². The zero-order chi connectivity index (χ0) is 20.2. The Morgan fingerprint density at radius 2 is 1.44 bits per heavy atom. The molecule has 1 atom stereocenters. The van der Waals surface area contributed by atoms with Crippen LogP contribution in [0.15, 0.2) is 53.4 Å². The molecule has 2 aromatic carbocycles. The number of halogens is 1. The van der Waals surface area contributed by atoms with Gasteiger partial charge in [-0.05, 0) is 64.4 Å². The molecule has 0 saturated carbocycles. The molecule has 0 amide bonds. The van der Waals surface area contributed by atoms with E-state index in [-0.39, 0.29) is 29.6 Å². The molecule has 0 aliphatic rings. The fourth-order valence-corrected chi connectivity index (χ4v) is 4.55. The Kier molecular flexibility index (Phi) is 7.46. The second kappa shape index (κ2) is 9.20. The summed E-state index contributed by atoms with van der Waals surface area (Å²) in [5.41, 5.74) is 2.06. The molecule has 148 valence electrons. The SMILES string of the molecule is Cc1ccc(S(=O)(=O)NCC(c2ccc(Cl)cc2)N(C(C)C)C(C)C)cc1. The van der Waals surface area contributed by atoms with Gasteiger partial charge in [0.15, 0.2) is 0 Å². The summed E-state index contributed by atoms with van der Waals surface area (Å²) in [4.78, 5) is 2.59. The van der Waals surface area contributed by atoms with Crippen LogP contribution in [-0.2, 0) is 10.0 Å². The molecule has 0 aliphatic heterocycles. The number of benzene rings is 2. The van der Waals surface area contributed by atoms with Gasteiger partial charge in [-0.25, -0.2) is 13.1 Å². The van der Waals surface area contributed by atoms with Crippen molar-refractivity contribution < 1.29 is 8.42 Å². The van der Waals surface area contributed by atoms with Crippen molar-refractivity contribution in [1.29, 1.82) is 0 Å². The van der Waals surface area contributed by atoms with Crippen LogP contribution in [0, 0.1) is 6.92 Å². The maximum atomic E-state index is 12.7. The monoisotopic (exact) mass is 408 g/mol. The Labute approximate surface area is 168 Å². The molecule has 1 unspecified atom stereocenters. The van der Waals surface area contributed by atoms with Crippen LogP contribution in [0.5, 0.6) is 0 Å². The van der Waals surface area contributed by atoms with Crippen molar-refractivity contribution in [2.75, 3.05) is 6.54 Å². The molecular formula is C21H29ClN2O2S. The van der Waals surface area contributed by atoms with Crippen molar-refractivity contribution in [3.05, 3.63) is 64.7 Å². The van der Waals surface area contributed by atoms with Crippen molar-refractivity contribution >= 4 is 21.6 Å². The van der Waals surface area contributed by atoms with Crippen LogP contribution in [0.4, 0.5) is 0 Å². The van der Waals surface area contributed by atoms with Crippen LogP contribution in [-0.4, -0.2) is 31.9 Å². The number of sulfonamides is 1. The molecule has 1 N–H and O–H groups in total. The van der Waals surface area contributed by atoms with Crippen LogP contribution >= 0.6 is 11.6 Å². The van der Waals surface area contributed by atoms with Crippen molar-refractivity contribution in [1.82, 2.24) is 9.62 Å². The van der Waals surface area contributed by atoms with Gasteiger partial charge in [-0.1, -0.05) is 41.4 Å². The molecule has 0 heterocycles. The third-order valence-electron chi connectivity index (χ3n) is 4.61. The first-order chi connectivity index (χ1) is 12.6. The third kappa shape index (κ3) is 5.79. The van der Waals surface area contributed by atoms with Crippen LogP contribution in [0.25, 0.3) is 0 Å². The predicted octanol–water partition coefficient (Wildman–Crippen LogP) is 4.79. The van der Waals surface area contributed by atoms with Crippen LogP contribution in [0.2, 0.25) is 5.02 Å². The summed E-state index contributed by atoms with van der Waals surface area (Å²) < 4.78 is 28.3. The summed E-state index contributed by atoms with van der Waals surface area (Å²) in [6, 6.07) is 14.9. The average Bonchev–Trinajstić information content (AvgIpc) is 2.59. The van der Waals surface area contributed by atoms with Gasteiger partial charge in [-0.15, -0.1) is 0 Å². The number of hydrogen-bond donors (Lipinski definition) is 1. The van der Waals surface area contributed by atoms with Gasteiger partial charge in [0.2, 0.25) is 10.0 Å². The maximum absolute atomic E-state index is 12.7. The molecule has 0 spiro atoms. The van der Waals surface area contributed by atoms with E-state index < -0.39 is 10.0 Å². The second-order valence-corrected chi connectivity index (χ2v) is 9.57. The predicted molar refractivity (Wildman–Crippen MR) is 113 cm³/mol. The highest BCUT2D eigenvalue weighted by atomic mass is 35.5. The largest absolute Gasteiger partial charge is 0.290 e. The number of nitrogens with zero attached hydrogens (tertiary/aromatic N) is 1. The molecule has 0 saturated heterocycles. The fraction of sp³-hybridized carbons (Fsp3) is 0.429. The smallest absolute Gasteiger partial charge is 0.240 e. The Hall–Kier alpha value is -1.40. The topological polar surface area (TPSA) is 49.4 Å². The van der Waals surface area contributed by atoms with Crippen molar-refractivity contribution in [3.63, 3.8) is 0 Å².